The van der Waals surface area contributed by atoms with Crippen molar-refractivity contribution in [2.45, 2.75) is 6.42 Å². The molecular weight excluding hydrogens is 358 g/mol. The summed E-state index contributed by atoms with van der Waals surface area (Å²) in [6, 6.07) is 11.7. The first kappa shape index (κ1) is 15.6. The van der Waals surface area contributed by atoms with E-state index in [2.05, 4.69) is 26.0 Å². The van der Waals surface area contributed by atoms with E-state index in [1.807, 2.05) is 36.4 Å². The van der Waals surface area contributed by atoms with Crippen LogP contribution in [0.2, 0.25) is 0 Å². The van der Waals surface area contributed by atoms with E-state index in [4.69, 9.17) is 15.9 Å². The normalized spacial score (nSPS) is 11.0. The quantitative estimate of drug-likeness (QED) is 0.531. The summed E-state index contributed by atoms with van der Waals surface area (Å²) in [5.41, 5.74) is 8.72. The Morgan fingerprint density at radius 1 is 1.35 bits per heavy atom. The summed E-state index contributed by atoms with van der Waals surface area (Å²) in [5, 5.41) is 12.3. The Kier molecular flexibility index (Phi) is 4.40. The number of halogens is 1. The van der Waals surface area contributed by atoms with Gasteiger partial charge in [-0.3, -0.25) is 5.41 Å². The van der Waals surface area contributed by atoms with Gasteiger partial charge in [0, 0.05) is 23.6 Å². The lowest BCUT2D eigenvalue weighted by molar-refractivity contribution is 0.200. The molecule has 3 aromatic rings. The molecule has 0 saturated heterocycles. The van der Waals surface area contributed by atoms with Crippen LogP contribution in [-0.4, -0.2) is 34.2 Å². The molecule has 1 aromatic carbocycles. The van der Waals surface area contributed by atoms with Crippen LogP contribution in [0, 0.1) is 5.41 Å². The van der Waals surface area contributed by atoms with Gasteiger partial charge in [-0.2, -0.15) is 5.10 Å². The molecule has 23 heavy (non-hydrogen) atoms. The molecule has 3 N–H and O–H groups in total. The Hall–Kier alpha value is -2.25. The van der Waals surface area contributed by atoms with Gasteiger partial charge in [-0.05, 0) is 24.3 Å². The number of aromatic nitrogens is 3. The molecule has 0 radical (unpaired) electrons. The minimum atomic E-state index is -0.0264. The lowest BCUT2D eigenvalue weighted by atomic mass is 10.1. The van der Waals surface area contributed by atoms with Gasteiger partial charge in [-0.25, -0.2) is 9.50 Å². The second kappa shape index (κ2) is 6.47. The van der Waals surface area contributed by atoms with Crippen LogP contribution < -0.4 is 5.73 Å². The fourth-order valence-corrected chi connectivity index (χ4v) is 2.78. The van der Waals surface area contributed by atoms with E-state index in [0.717, 1.165) is 15.7 Å². The highest BCUT2D eigenvalue weighted by Gasteiger charge is 2.14. The van der Waals surface area contributed by atoms with Crippen LogP contribution in [-0.2, 0) is 11.2 Å². The van der Waals surface area contributed by atoms with Crippen molar-refractivity contribution in [3.05, 3.63) is 52.3 Å². The van der Waals surface area contributed by atoms with Crippen LogP contribution >= 0.6 is 15.9 Å². The Morgan fingerprint density at radius 3 is 2.87 bits per heavy atom. The third-order valence-electron chi connectivity index (χ3n) is 3.47. The second-order valence-corrected chi connectivity index (χ2v) is 5.98. The summed E-state index contributed by atoms with van der Waals surface area (Å²) in [6.07, 6.45) is 0.605. The molecule has 0 aliphatic rings. The van der Waals surface area contributed by atoms with Crippen molar-refractivity contribution >= 4 is 27.4 Å². The molecule has 0 bridgehead atoms. The molecule has 0 amide bonds. The number of nitrogen functional groups attached to an aromatic ring is 1. The number of nitrogens with zero attached hydrogens (tertiary/aromatic N) is 3. The van der Waals surface area contributed by atoms with Crippen LogP contribution in [0.15, 0.2) is 40.9 Å². The van der Waals surface area contributed by atoms with E-state index >= 15 is 0 Å². The van der Waals surface area contributed by atoms with Crippen molar-refractivity contribution in [3.8, 4) is 11.3 Å². The van der Waals surface area contributed by atoms with Crippen molar-refractivity contribution in [2.24, 2.45) is 5.73 Å². The molecule has 0 unspecified atom stereocenters. The molecule has 2 heterocycles. The number of hydrogen-bond acceptors (Lipinski definition) is 4. The van der Waals surface area contributed by atoms with Crippen LogP contribution in [0.4, 0.5) is 0 Å². The standard InChI is InChI=1S/C16H16BrN5O/c1-23-8-7-14-20-16-12(15(18)19)5-6-13(22(16)21-14)10-3-2-4-11(17)9-10/h2-6,9H,7-8H2,1H3,(H3,18,19). The zero-order valence-electron chi connectivity index (χ0n) is 12.6. The van der Waals surface area contributed by atoms with Gasteiger partial charge < -0.3 is 10.5 Å². The van der Waals surface area contributed by atoms with Gasteiger partial charge >= 0.3 is 0 Å². The van der Waals surface area contributed by atoms with Crippen LogP contribution in [0.1, 0.15) is 11.4 Å². The Bertz CT molecular complexity index is 874. The number of nitrogens with two attached hydrogens (primary N) is 1. The minimum absolute atomic E-state index is 0.0264. The monoisotopic (exact) mass is 373 g/mol. The molecule has 0 aliphatic carbocycles. The fourth-order valence-electron chi connectivity index (χ4n) is 2.38. The van der Waals surface area contributed by atoms with E-state index in [1.165, 1.54) is 0 Å². The van der Waals surface area contributed by atoms with Gasteiger partial charge in [-0.1, -0.05) is 28.1 Å². The van der Waals surface area contributed by atoms with Crippen molar-refractivity contribution in [1.82, 2.24) is 14.6 Å². The van der Waals surface area contributed by atoms with E-state index in [0.29, 0.717) is 30.1 Å². The number of fused-ring (bicyclic) bond motifs is 1. The summed E-state index contributed by atoms with van der Waals surface area (Å²) in [4.78, 5) is 4.52. The molecule has 0 atom stereocenters. The fraction of sp³-hybridized carbons (Fsp3) is 0.188. The molecule has 0 fully saturated rings. The van der Waals surface area contributed by atoms with Gasteiger partial charge in [-0.15, -0.1) is 0 Å². The number of pyridine rings is 1. The number of amidine groups is 1. The minimum Gasteiger partial charge on any atom is -0.384 e. The summed E-state index contributed by atoms with van der Waals surface area (Å²) in [6.45, 7) is 0.540. The smallest absolute Gasteiger partial charge is 0.167 e. The lowest BCUT2D eigenvalue weighted by Gasteiger charge is -2.07. The van der Waals surface area contributed by atoms with Crippen molar-refractivity contribution in [3.63, 3.8) is 0 Å². The predicted octanol–water partition coefficient (Wildman–Crippen LogP) is 2.63. The summed E-state index contributed by atoms with van der Waals surface area (Å²) < 4.78 is 7.81. The Labute approximate surface area is 141 Å². The van der Waals surface area contributed by atoms with Crippen molar-refractivity contribution in [2.75, 3.05) is 13.7 Å². The average molecular weight is 374 g/mol. The molecule has 0 saturated carbocycles. The highest BCUT2D eigenvalue weighted by molar-refractivity contribution is 9.10. The summed E-state index contributed by atoms with van der Waals surface area (Å²) in [7, 11) is 1.64. The van der Waals surface area contributed by atoms with Gasteiger partial charge in [0.05, 0.1) is 17.9 Å². The molecule has 7 heteroatoms. The predicted molar refractivity (Wildman–Crippen MR) is 92.7 cm³/mol. The van der Waals surface area contributed by atoms with E-state index in [-0.39, 0.29) is 5.84 Å². The number of benzene rings is 1. The maximum Gasteiger partial charge on any atom is 0.167 e. The largest absolute Gasteiger partial charge is 0.384 e. The molecule has 3 rings (SSSR count). The first-order valence-electron chi connectivity index (χ1n) is 7.08. The van der Waals surface area contributed by atoms with E-state index in [9.17, 15) is 0 Å². The highest BCUT2D eigenvalue weighted by Crippen LogP contribution is 2.25. The molecule has 2 aromatic heterocycles. The number of rotatable bonds is 5. The van der Waals surface area contributed by atoms with Crippen molar-refractivity contribution < 1.29 is 4.74 Å². The Morgan fingerprint density at radius 2 is 2.17 bits per heavy atom. The van der Waals surface area contributed by atoms with Gasteiger partial charge in [0.2, 0.25) is 0 Å². The SMILES string of the molecule is COCCc1nc2c(C(=N)N)ccc(-c3cccc(Br)c3)n2n1. The first-order chi connectivity index (χ1) is 11.1. The van der Waals surface area contributed by atoms with Gasteiger partial charge in [0.1, 0.15) is 5.84 Å². The van der Waals surface area contributed by atoms with Gasteiger partial charge in [0.25, 0.3) is 0 Å². The maximum atomic E-state index is 7.74. The zero-order valence-corrected chi connectivity index (χ0v) is 14.2. The van der Waals surface area contributed by atoms with E-state index < -0.39 is 0 Å². The molecule has 0 aliphatic heterocycles. The highest BCUT2D eigenvalue weighted by atomic mass is 79.9. The number of ether oxygens (including phenoxy) is 1. The molecule has 6 nitrogen and oxygen atoms in total. The van der Waals surface area contributed by atoms with Crippen LogP contribution in [0.3, 0.4) is 0 Å². The molecule has 0 spiro atoms. The zero-order chi connectivity index (χ0) is 16.4. The van der Waals surface area contributed by atoms with Gasteiger partial charge in [0.15, 0.2) is 11.5 Å². The maximum absolute atomic E-state index is 7.74. The first-order valence-corrected chi connectivity index (χ1v) is 7.87. The average Bonchev–Trinajstić information content (AvgIpc) is 2.95. The third kappa shape index (κ3) is 3.11. The topological polar surface area (TPSA) is 89.3 Å². The lowest BCUT2D eigenvalue weighted by Crippen LogP contribution is -2.13. The van der Waals surface area contributed by atoms with Crippen LogP contribution in [0.25, 0.3) is 16.9 Å². The molecular formula is C16H16BrN5O. The number of nitrogens with one attached hydrogen (secondary N) is 1. The second-order valence-electron chi connectivity index (χ2n) is 5.06. The van der Waals surface area contributed by atoms with Crippen molar-refractivity contribution in [1.29, 1.82) is 5.41 Å². The third-order valence-corrected chi connectivity index (χ3v) is 3.96. The van der Waals surface area contributed by atoms with E-state index in [1.54, 1.807) is 11.6 Å². The molecule has 118 valence electrons. The Balaban J connectivity index is 2.20. The summed E-state index contributed by atoms with van der Waals surface area (Å²) in [5.74, 6) is 0.637. The summed E-state index contributed by atoms with van der Waals surface area (Å²) >= 11 is 3.48. The number of hydrogen-bond donors (Lipinski definition) is 2. The number of methoxy groups -OCH3 is 1. The van der Waals surface area contributed by atoms with Crippen LogP contribution in [0.5, 0.6) is 0 Å².